The maximum Gasteiger partial charge on any atom is 0.0491 e. The molecule has 3 rings (SSSR count). The monoisotopic (exact) mass is 255 g/mol. The van der Waals surface area contributed by atoms with Gasteiger partial charge in [0.1, 0.15) is 0 Å². The lowest BCUT2D eigenvalue weighted by Crippen LogP contribution is -2.34. The molecule has 0 amide bonds. The molecule has 102 valence electrons. The Kier molecular flexibility index (Phi) is 2.46. The van der Waals surface area contributed by atoms with Crippen LogP contribution < -0.4 is 0 Å². The average molecular weight is 255 g/mol. The molecule has 0 spiro atoms. The summed E-state index contributed by atoms with van der Waals surface area (Å²) in [7, 11) is 0. The second kappa shape index (κ2) is 3.65. The summed E-state index contributed by atoms with van der Waals surface area (Å²) in [6.45, 7) is 14.0. The van der Waals surface area contributed by atoms with E-state index in [1.54, 1.807) is 5.56 Å². The topological polar surface area (TPSA) is 15.8 Å². The first-order chi connectivity index (χ1) is 8.71. The van der Waals surface area contributed by atoms with Crippen molar-refractivity contribution >= 4 is 10.9 Å². The normalized spacial score (nSPS) is 20.5. The number of fused-ring (bicyclic) bond motifs is 3. The van der Waals surface area contributed by atoms with Crippen molar-refractivity contribution in [1.29, 1.82) is 0 Å². The van der Waals surface area contributed by atoms with Gasteiger partial charge in [0, 0.05) is 16.6 Å². The van der Waals surface area contributed by atoms with Crippen LogP contribution in [0.5, 0.6) is 0 Å². The van der Waals surface area contributed by atoms with Gasteiger partial charge in [-0.25, -0.2) is 0 Å². The Bertz CT molecular complexity index is 656. The number of H-pyrrole nitrogens is 1. The van der Waals surface area contributed by atoms with Crippen LogP contribution in [0.15, 0.2) is 12.1 Å². The van der Waals surface area contributed by atoms with Crippen LogP contribution in [0.25, 0.3) is 10.9 Å². The summed E-state index contributed by atoms with van der Waals surface area (Å²) >= 11 is 0. The number of aryl methyl sites for hydroxylation is 2. The van der Waals surface area contributed by atoms with Gasteiger partial charge < -0.3 is 4.98 Å². The molecule has 0 radical (unpaired) electrons. The lowest BCUT2D eigenvalue weighted by molar-refractivity contribution is 0.231. The zero-order valence-electron chi connectivity index (χ0n) is 13.1. The Morgan fingerprint density at radius 1 is 1.00 bits per heavy atom. The van der Waals surface area contributed by atoms with Crippen molar-refractivity contribution in [2.75, 3.05) is 0 Å². The Balaban J connectivity index is 2.40. The van der Waals surface area contributed by atoms with Crippen LogP contribution in [0.1, 0.15) is 56.5 Å². The lowest BCUT2D eigenvalue weighted by atomic mass is 9.64. The van der Waals surface area contributed by atoms with Gasteiger partial charge in [0.05, 0.1) is 0 Å². The minimum absolute atomic E-state index is 0.258. The predicted octanol–water partition coefficient (Wildman–Crippen LogP) is 5.03. The zero-order chi connectivity index (χ0) is 14.0. The summed E-state index contributed by atoms with van der Waals surface area (Å²) in [6, 6.07) is 4.50. The largest absolute Gasteiger partial charge is 0.358 e. The number of hydrogen-bond donors (Lipinski definition) is 1. The van der Waals surface area contributed by atoms with Gasteiger partial charge in [-0.05, 0) is 54.2 Å². The molecule has 0 atom stereocenters. The van der Waals surface area contributed by atoms with Gasteiger partial charge in [0.2, 0.25) is 0 Å². The quantitative estimate of drug-likeness (QED) is 0.679. The van der Waals surface area contributed by atoms with Crippen LogP contribution in [0, 0.1) is 19.3 Å². The van der Waals surface area contributed by atoms with Crippen molar-refractivity contribution in [3.63, 3.8) is 0 Å². The number of nitrogens with one attached hydrogen (secondary N) is 1. The number of aromatic amines is 1. The summed E-state index contributed by atoms with van der Waals surface area (Å²) < 4.78 is 0. The van der Waals surface area contributed by atoms with Crippen molar-refractivity contribution in [1.82, 2.24) is 4.98 Å². The van der Waals surface area contributed by atoms with Crippen molar-refractivity contribution < 1.29 is 0 Å². The van der Waals surface area contributed by atoms with Crippen LogP contribution in [-0.4, -0.2) is 4.98 Å². The third kappa shape index (κ3) is 1.82. The SMILES string of the molecule is Cc1ccc(C)c2c3c([nH]c12)CC(C)(C)CC3(C)C. The van der Waals surface area contributed by atoms with Crippen molar-refractivity contribution in [2.24, 2.45) is 5.41 Å². The Hall–Kier alpha value is -1.24. The Morgan fingerprint density at radius 2 is 1.63 bits per heavy atom. The summed E-state index contributed by atoms with van der Waals surface area (Å²) in [4.78, 5) is 3.74. The molecule has 0 aliphatic heterocycles. The van der Waals surface area contributed by atoms with Crippen LogP contribution in [0.4, 0.5) is 0 Å². The number of rotatable bonds is 0. The van der Waals surface area contributed by atoms with E-state index in [9.17, 15) is 0 Å². The molecule has 1 heteroatoms. The fourth-order valence-electron chi connectivity index (χ4n) is 4.36. The van der Waals surface area contributed by atoms with Crippen molar-refractivity contribution in [3.8, 4) is 0 Å². The minimum Gasteiger partial charge on any atom is -0.358 e. The van der Waals surface area contributed by atoms with Gasteiger partial charge in [0.15, 0.2) is 0 Å². The van der Waals surface area contributed by atoms with E-state index >= 15 is 0 Å². The van der Waals surface area contributed by atoms with E-state index in [-0.39, 0.29) is 5.41 Å². The van der Waals surface area contributed by atoms with E-state index in [0.29, 0.717) is 5.41 Å². The summed E-state index contributed by atoms with van der Waals surface area (Å²) in [5, 5.41) is 1.48. The molecule has 0 bridgehead atoms. The van der Waals surface area contributed by atoms with Gasteiger partial charge in [0.25, 0.3) is 0 Å². The second-order valence-electron chi connectivity index (χ2n) is 7.83. The Labute approximate surface area is 116 Å². The second-order valence-corrected chi connectivity index (χ2v) is 7.83. The minimum atomic E-state index is 0.258. The molecule has 2 aromatic rings. The van der Waals surface area contributed by atoms with Crippen LogP contribution in [-0.2, 0) is 11.8 Å². The number of benzene rings is 1. The fourth-order valence-corrected chi connectivity index (χ4v) is 4.36. The highest BCUT2D eigenvalue weighted by molar-refractivity contribution is 5.91. The average Bonchev–Trinajstić information content (AvgIpc) is 2.61. The highest BCUT2D eigenvalue weighted by Crippen LogP contribution is 2.49. The van der Waals surface area contributed by atoms with E-state index in [1.807, 2.05) is 0 Å². The molecule has 1 N–H and O–H groups in total. The fraction of sp³-hybridized carbons (Fsp3) is 0.556. The van der Waals surface area contributed by atoms with E-state index in [2.05, 4.69) is 58.7 Å². The molecule has 1 heterocycles. The molecule has 1 nitrogen and oxygen atoms in total. The molecular formula is C18H25N. The molecule has 1 aliphatic carbocycles. The molecule has 0 saturated carbocycles. The first kappa shape index (κ1) is 12.8. The van der Waals surface area contributed by atoms with Gasteiger partial charge >= 0.3 is 0 Å². The van der Waals surface area contributed by atoms with Gasteiger partial charge in [-0.3, -0.25) is 0 Å². The van der Waals surface area contributed by atoms with Gasteiger partial charge in [-0.2, -0.15) is 0 Å². The highest BCUT2D eigenvalue weighted by Gasteiger charge is 2.40. The zero-order valence-corrected chi connectivity index (χ0v) is 13.1. The van der Waals surface area contributed by atoms with Crippen LogP contribution in [0.3, 0.4) is 0 Å². The molecular weight excluding hydrogens is 230 g/mol. The predicted molar refractivity (Wildman–Crippen MR) is 82.9 cm³/mol. The first-order valence-electron chi connectivity index (χ1n) is 7.32. The maximum absolute atomic E-state index is 3.74. The van der Waals surface area contributed by atoms with E-state index in [1.165, 1.54) is 40.6 Å². The summed E-state index contributed by atoms with van der Waals surface area (Å²) in [6.07, 6.45) is 2.42. The molecule has 19 heavy (non-hydrogen) atoms. The first-order valence-corrected chi connectivity index (χ1v) is 7.32. The molecule has 0 saturated heterocycles. The van der Waals surface area contributed by atoms with E-state index in [0.717, 1.165) is 0 Å². The maximum atomic E-state index is 3.74. The van der Waals surface area contributed by atoms with Crippen LogP contribution >= 0.6 is 0 Å². The van der Waals surface area contributed by atoms with E-state index < -0.39 is 0 Å². The molecule has 1 aromatic carbocycles. The molecule has 1 aliphatic rings. The number of hydrogen-bond acceptors (Lipinski definition) is 0. The summed E-state index contributed by atoms with van der Waals surface area (Å²) in [5.74, 6) is 0. The lowest BCUT2D eigenvalue weighted by Gasteiger charge is -2.41. The van der Waals surface area contributed by atoms with Gasteiger partial charge in [-0.15, -0.1) is 0 Å². The smallest absolute Gasteiger partial charge is 0.0491 e. The Morgan fingerprint density at radius 3 is 2.32 bits per heavy atom. The number of aromatic nitrogens is 1. The van der Waals surface area contributed by atoms with E-state index in [4.69, 9.17) is 0 Å². The highest BCUT2D eigenvalue weighted by atomic mass is 14.8. The molecule has 1 aromatic heterocycles. The van der Waals surface area contributed by atoms with Crippen molar-refractivity contribution in [3.05, 3.63) is 34.5 Å². The standard InChI is InChI=1S/C18H25N/c1-11-7-8-12(2)16-14(11)15-13(19-16)9-17(3,4)10-18(15,5)6/h7-8,19H,9-10H2,1-6H3. The van der Waals surface area contributed by atoms with Crippen LogP contribution in [0.2, 0.25) is 0 Å². The van der Waals surface area contributed by atoms with Gasteiger partial charge in [-0.1, -0.05) is 39.8 Å². The third-order valence-corrected chi connectivity index (χ3v) is 4.70. The molecule has 0 unspecified atom stereocenters. The molecule has 0 fully saturated rings. The summed E-state index contributed by atoms with van der Waals surface area (Å²) in [5.41, 5.74) is 7.81. The third-order valence-electron chi connectivity index (χ3n) is 4.70. The van der Waals surface area contributed by atoms with Crippen molar-refractivity contribution in [2.45, 2.75) is 59.8 Å².